The van der Waals surface area contributed by atoms with E-state index in [1.165, 1.54) is 6.08 Å². The molecule has 1 heterocycles. The van der Waals surface area contributed by atoms with E-state index >= 15 is 0 Å². The monoisotopic (exact) mass is 224 g/mol. The molecule has 3 heteroatoms. The summed E-state index contributed by atoms with van der Waals surface area (Å²) in [5.74, 6) is 0. The third kappa shape index (κ3) is 2.08. The first kappa shape index (κ1) is 11.1. The number of hydrogen-bond donors (Lipinski definition) is 0. The van der Waals surface area contributed by atoms with Crippen LogP contribution in [-0.4, -0.2) is 15.8 Å². The van der Waals surface area contributed by atoms with Crippen LogP contribution in [-0.2, 0) is 4.79 Å². The fourth-order valence-corrected chi connectivity index (χ4v) is 1.59. The molecule has 0 aliphatic rings. The summed E-state index contributed by atoms with van der Waals surface area (Å²) in [6.45, 7) is 7.49. The van der Waals surface area contributed by atoms with Gasteiger partial charge in [-0.25, -0.2) is 4.98 Å². The quantitative estimate of drug-likeness (QED) is 0.454. The number of allylic oxidation sites excluding steroid dienone is 4. The number of hydrogen-bond acceptors (Lipinski definition) is 2. The van der Waals surface area contributed by atoms with Crippen molar-refractivity contribution < 1.29 is 4.79 Å². The number of para-hydroxylation sites is 2. The first-order chi connectivity index (χ1) is 8.26. The van der Waals surface area contributed by atoms with Crippen molar-refractivity contribution in [3.63, 3.8) is 0 Å². The van der Waals surface area contributed by atoms with Crippen LogP contribution in [0.15, 0.2) is 61.5 Å². The number of benzene rings is 1. The summed E-state index contributed by atoms with van der Waals surface area (Å²) in [6.07, 6.45) is 5.61. The van der Waals surface area contributed by atoms with Gasteiger partial charge in [-0.15, -0.1) is 0 Å². The Bertz CT molecular complexity index is 610. The third-order valence-electron chi connectivity index (χ3n) is 2.47. The van der Waals surface area contributed by atoms with Crippen molar-refractivity contribution in [1.82, 2.24) is 9.55 Å². The summed E-state index contributed by atoms with van der Waals surface area (Å²) < 4.78 is 1.84. The summed E-state index contributed by atoms with van der Waals surface area (Å²) in [5, 5.41) is 0. The highest BCUT2D eigenvalue weighted by molar-refractivity contribution is 5.84. The van der Waals surface area contributed by atoms with E-state index in [-0.39, 0.29) is 0 Å². The molecule has 3 nitrogen and oxygen atoms in total. The summed E-state index contributed by atoms with van der Waals surface area (Å²) in [5.41, 5.74) is 3.03. The van der Waals surface area contributed by atoms with Gasteiger partial charge in [0.1, 0.15) is 12.6 Å². The molecule has 2 rings (SSSR count). The van der Waals surface area contributed by atoms with Crippen molar-refractivity contribution >= 4 is 23.0 Å². The summed E-state index contributed by atoms with van der Waals surface area (Å²) in [7, 11) is 0. The first-order valence-electron chi connectivity index (χ1n) is 5.17. The first-order valence-corrected chi connectivity index (χ1v) is 5.17. The number of aromatic nitrogens is 2. The minimum absolute atomic E-state index is 0.493. The number of aldehydes is 1. The topological polar surface area (TPSA) is 34.9 Å². The van der Waals surface area contributed by atoms with Crippen LogP contribution in [0.25, 0.3) is 16.7 Å². The average Bonchev–Trinajstić information content (AvgIpc) is 2.79. The zero-order chi connectivity index (χ0) is 12.3. The Balaban J connectivity index is 2.47. The maximum Gasteiger partial charge on any atom is 0.150 e. The number of imidazole rings is 1. The summed E-state index contributed by atoms with van der Waals surface area (Å²) >= 11 is 0. The second-order valence-corrected chi connectivity index (χ2v) is 3.56. The Hall–Kier alpha value is -2.42. The summed E-state index contributed by atoms with van der Waals surface area (Å²) in [4.78, 5) is 15.0. The van der Waals surface area contributed by atoms with Gasteiger partial charge < -0.3 is 0 Å². The molecule has 0 spiro atoms. The predicted molar refractivity (Wildman–Crippen MR) is 69.4 cm³/mol. The molecule has 0 saturated carbocycles. The van der Waals surface area contributed by atoms with E-state index in [4.69, 9.17) is 0 Å². The van der Waals surface area contributed by atoms with Gasteiger partial charge in [0.25, 0.3) is 0 Å². The normalized spacial score (nSPS) is 11.4. The zero-order valence-corrected chi connectivity index (χ0v) is 9.34. The van der Waals surface area contributed by atoms with Crippen LogP contribution < -0.4 is 0 Å². The molecule has 0 N–H and O–H groups in total. The van der Waals surface area contributed by atoms with Gasteiger partial charge in [-0.3, -0.25) is 9.36 Å². The van der Waals surface area contributed by atoms with Gasteiger partial charge in [-0.1, -0.05) is 31.4 Å². The highest BCUT2D eigenvalue weighted by Gasteiger charge is 2.03. The molecule has 2 aromatic rings. The Morgan fingerprint density at radius 1 is 1.35 bits per heavy atom. The lowest BCUT2D eigenvalue weighted by atomic mass is 10.2. The molecule has 0 saturated heterocycles. The van der Waals surface area contributed by atoms with Gasteiger partial charge in [0.15, 0.2) is 0 Å². The van der Waals surface area contributed by atoms with Crippen LogP contribution in [0.2, 0.25) is 0 Å². The number of carbonyl (C=O) groups excluding carboxylic acids is 1. The number of nitrogens with zero attached hydrogens (tertiary/aromatic N) is 2. The lowest BCUT2D eigenvalue weighted by Gasteiger charge is -2.03. The Morgan fingerprint density at radius 2 is 2.12 bits per heavy atom. The second-order valence-electron chi connectivity index (χ2n) is 3.56. The van der Waals surface area contributed by atoms with Crippen molar-refractivity contribution in [3.05, 3.63) is 61.5 Å². The highest BCUT2D eigenvalue weighted by Crippen LogP contribution is 2.17. The molecule has 0 fully saturated rings. The van der Waals surface area contributed by atoms with E-state index in [1.54, 1.807) is 12.4 Å². The molecular weight excluding hydrogens is 212 g/mol. The van der Waals surface area contributed by atoms with E-state index in [0.29, 0.717) is 11.3 Å². The lowest BCUT2D eigenvalue weighted by Crippen LogP contribution is -1.92. The van der Waals surface area contributed by atoms with Crippen LogP contribution in [0.3, 0.4) is 0 Å². The maximum absolute atomic E-state index is 10.7. The SMILES string of the molecule is C=C/C(C=O)=C\C(=C)n1cnc2ccccc21. The van der Waals surface area contributed by atoms with Gasteiger partial charge in [0.05, 0.1) is 11.0 Å². The van der Waals surface area contributed by atoms with Gasteiger partial charge in [0.2, 0.25) is 0 Å². The third-order valence-corrected chi connectivity index (χ3v) is 2.47. The Morgan fingerprint density at radius 3 is 2.82 bits per heavy atom. The second kappa shape index (κ2) is 4.61. The minimum atomic E-state index is 0.493. The molecule has 0 radical (unpaired) electrons. The molecule has 17 heavy (non-hydrogen) atoms. The van der Waals surface area contributed by atoms with E-state index in [1.807, 2.05) is 28.8 Å². The molecule has 1 aromatic heterocycles. The molecule has 0 bridgehead atoms. The van der Waals surface area contributed by atoms with Gasteiger partial charge in [-0.2, -0.15) is 0 Å². The van der Waals surface area contributed by atoms with Crippen LogP contribution in [0.5, 0.6) is 0 Å². The number of rotatable bonds is 4. The lowest BCUT2D eigenvalue weighted by molar-refractivity contribution is -0.104. The molecule has 0 aliphatic heterocycles. The number of carbonyl (C=O) groups is 1. The molecule has 0 atom stereocenters. The molecule has 0 aliphatic carbocycles. The standard InChI is InChI=1S/C14H12N2O/c1-3-12(9-17)8-11(2)16-10-15-13-6-4-5-7-14(13)16/h3-10H,1-2H2/b12-8+. The van der Waals surface area contributed by atoms with Crippen LogP contribution in [0.4, 0.5) is 0 Å². The average molecular weight is 224 g/mol. The largest absolute Gasteiger partial charge is 0.299 e. The number of fused-ring (bicyclic) bond motifs is 1. The zero-order valence-electron chi connectivity index (χ0n) is 9.34. The molecular formula is C14H12N2O. The van der Waals surface area contributed by atoms with E-state index < -0.39 is 0 Å². The fourth-order valence-electron chi connectivity index (χ4n) is 1.59. The maximum atomic E-state index is 10.7. The van der Waals surface area contributed by atoms with E-state index in [0.717, 1.165) is 17.3 Å². The van der Waals surface area contributed by atoms with E-state index in [9.17, 15) is 4.79 Å². The van der Waals surface area contributed by atoms with Crippen molar-refractivity contribution in [2.45, 2.75) is 0 Å². The molecule has 0 amide bonds. The van der Waals surface area contributed by atoms with Gasteiger partial charge >= 0.3 is 0 Å². The van der Waals surface area contributed by atoms with Crippen molar-refractivity contribution in [3.8, 4) is 0 Å². The van der Waals surface area contributed by atoms with Gasteiger partial charge in [0, 0.05) is 11.3 Å². The predicted octanol–water partition coefficient (Wildman–Crippen LogP) is 2.82. The Kier molecular flexibility index (Phi) is 3.01. The van der Waals surface area contributed by atoms with Crippen molar-refractivity contribution in [2.75, 3.05) is 0 Å². The Labute approximate surface area is 99.4 Å². The molecule has 84 valence electrons. The molecule has 0 unspecified atom stereocenters. The van der Waals surface area contributed by atoms with Crippen LogP contribution in [0, 0.1) is 0 Å². The summed E-state index contributed by atoms with van der Waals surface area (Å²) in [6, 6.07) is 7.75. The van der Waals surface area contributed by atoms with Crippen LogP contribution >= 0.6 is 0 Å². The molecule has 1 aromatic carbocycles. The van der Waals surface area contributed by atoms with Gasteiger partial charge in [-0.05, 0) is 18.2 Å². The van der Waals surface area contributed by atoms with Crippen molar-refractivity contribution in [1.29, 1.82) is 0 Å². The van der Waals surface area contributed by atoms with Crippen LogP contribution in [0.1, 0.15) is 0 Å². The minimum Gasteiger partial charge on any atom is -0.299 e. The smallest absolute Gasteiger partial charge is 0.150 e. The van der Waals surface area contributed by atoms with E-state index in [2.05, 4.69) is 18.1 Å². The fraction of sp³-hybridized carbons (Fsp3) is 0. The highest BCUT2D eigenvalue weighted by atomic mass is 16.1. The van der Waals surface area contributed by atoms with Crippen molar-refractivity contribution in [2.24, 2.45) is 0 Å².